The van der Waals surface area contributed by atoms with Crippen molar-refractivity contribution >= 4 is 11.7 Å². The Morgan fingerprint density at radius 2 is 1.63 bits per heavy atom. The third-order valence-corrected chi connectivity index (χ3v) is 4.87. The Labute approximate surface area is 160 Å². The van der Waals surface area contributed by atoms with Crippen molar-refractivity contribution in [1.29, 1.82) is 0 Å². The summed E-state index contributed by atoms with van der Waals surface area (Å²) < 4.78 is 0. The fraction of sp³-hybridized carbons (Fsp3) is 0.304. The van der Waals surface area contributed by atoms with Crippen LogP contribution in [-0.4, -0.2) is 11.7 Å². The van der Waals surface area contributed by atoms with E-state index in [-0.39, 0.29) is 23.0 Å². The van der Waals surface area contributed by atoms with Gasteiger partial charge < -0.3 is 5.43 Å². The van der Waals surface area contributed by atoms with Crippen LogP contribution < -0.4 is 10.9 Å². The highest BCUT2D eigenvalue weighted by molar-refractivity contribution is 5.94. The van der Waals surface area contributed by atoms with Gasteiger partial charge in [-0.1, -0.05) is 63.2 Å². The van der Waals surface area contributed by atoms with Crippen LogP contribution in [0.5, 0.6) is 0 Å². The Morgan fingerprint density at radius 1 is 0.963 bits per heavy atom. The molecule has 0 saturated carbocycles. The highest BCUT2D eigenvalue weighted by Crippen LogP contribution is 2.30. The van der Waals surface area contributed by atoms with E-state index in [0.717, 1.165) is 11.3 Å². The number of hydrogen-bond donors (Lipinski definition) is 2. The number of amides is 1. The Hall–Kier alpha value is -2.88. The molecule has 2 aromatic carbocycles. The molecule has 1 aliphatic carbocycles. The zero-order chi connectivity index (χ0) is 19.4. The summed E-state index contributed by atoms with van der Waals surface area (Å²) in [5, 5.41) is 0. The molecule has 0 saturated heterocycles. The van der Waals surface area contributed by atoms with Crippen molar-refractivity contribution in [2.45, 2.75) is 44.9 Å². The number of nitrogens with one attached hydrogen (secondary N) is 2. The highest BCUT2D eigenvalue weighted by atomic mass is 16.2. The normalized spacial score (nSPS) is 17.2. The Kier molecular flexibility index (Phi) is 5.45. The summed E-state index contributed by atoms with van der Waals surface area (Å²) >= 11 is 0. The molecule has 0 radical (unpaired) electrons. The molecule has 140 valence electrons. The maximum absolute atomic E-state index is 12.4. The van der Waals surface area contributed by atoms with E-state index in [9.17, 15) is 9.59 Å². The number of carbonyl (C=O) groups is 2. The van der Waals surface area contributed by atoms with Crippen molar-refractivity contribution < 1.29 is 9.59 Å². The Morgan fingerprint density at radius 3 is 2.26 bits per heavy atom. The minimum Gasteiger partial charge on any atom is -0.302 e. The highest BCUT2D eigenvalue weighted by Gasteiger charge is 2.22. The van der Waals surface area contributed by atoms with E-state index in [1.165, 1.54) is 5.56 Å². The third-order valence-electron chi connectivity index (χ3n) is 4.87. The summed E-state index contributed by atoms with van der Waals surface area (Å²) in [7, 11) is 0. The van der Waals surface area contributed by atoms with Gasteiger partial charge in [0.25, 0.3) is 5.91 Å². The lowest BCUT2D eigenvalue weighted by Gasteiger charge is -2.23. The van der Waals surface area contributed by atoms with Crippen molar-refractivity contribution in [3.05, 3.63) is 83.1 Å². The van der Waals surface area contributed by atoms with Crippen LogP contribution in [0.4, 0.5) is 0 Å². The summed E-state index contributed by atoms with van der Waals surface area (Å²) in [4.78, 5) is 24.5. The first kappa shape index (κ1) is 18.9. The number of carbonyl (C=O) groups excluding carboxylic acids is 2. The monoisotopic (exact) mass is 362 g/mol. The quantitative estimate of drug-likeness (QED) is 0.800. The van der Waals surface area contributed by atoms with E-state index >= 15 is 0 Å². The Balaban J connectivity index is 1.62. The minimum absolute atomic E-state index is 0.0486. The number of hydrazine groups is 1. The standard InChI is InChI=1S/C23H26N2O2/c1-23(2,3)19-11-9-17(10-12-19)22(27)25-24-20-13-18(14-21(26)15-20)16-7-5-4-6-8-16/h4-12,15,18,24H,13-14H2,1-3H3,(H,25,27)/t18-/m0/s1. The van der Waals surface area contributed by atoms with E-state index in [1.807, 2.05) is 54.6 Å². The van der Waals surface area contributed by atoms with Gasteiger partial charge in [0.05, 0.1) is 0 Å². The van der Waals surface area contributed by atoms with Gasteiger partial charge in [-0.3, -0.25) is 15.0 Å². The van der Waals surface area contributed by atoms with E-state index in [2.05, 4.69) is 31.6 Å². The van der Waals surface area contributed by atoms with Gasteiger partial charge in [-0.2, -0.15) is 0 Å². The smallest absolute Gasteiger partial charge is 0.269 e. The number of benzene rings is 2. The number of ketones is 1. The van der Waals surface area contributed by atoms with Crippen LogP contribution in [0.2, 0.25) is 0 Å². The van der Waals surface area contributed by atoms with Crippen LogP contribution in [0, 0.1) is 0 Å². The molecule has 0 aromatic heterocycles. The van der Waals surface area contributed by atoms with Crippen molar-refractivity contribution in [2.75, 3.05) is 0 Å². The largest absolute Gasteiger partial charge is 0.302 e. The van der Waals surface area contributed by atoms with Crippen LogP contribution in [0.1, 0.15) is 61.0 Å². The molecule has 0 unspecified atom stereocenters. The van der Waals surface area contributed by atoms with Crippen molar-refractivity contribution in [1.82, 2.24) is 10.9 Å². The number of hydrogen-bond acceptors (Lipinski definition) is 3. The van der Waals surface area contributed by atoms with Crippen LogP contribution >= 0.6 is 0 Å². The lowest BCUT2D eigenvalue weighted by Crippen LogP contribution is -2.38. The second-order valence-electron chi connectivity index (χ2n) is 8.06. The zero-order valence-corrected chi connectivity index (χ0v) is 16.1. The maximum Gasteiger partial charge on any atom is 0.269 e. The van der Waals surface area contributed by atoms with Crippen molar-refractivity contribution in [3.63, 3.8) is 0 Å². The van der Waals surface area contributed by atoms with Crippen LogP contribution in [0.3, 0.4) is 0 Å². The van der Waals surface area contributed by atoms with Gasteiger partial charge in [0, 0.05) is 23.8 Å². The summed E-state index contributed by atoms with van der Waals surface area (Å²) in [6, 6.07) is 17.6. The minimum atomic E-state index is -0.217. The molecule has 4 heteroatoms. The number of allylic oxidation sites excluding steroid dienone is 2. The van der Waals surface area contributed by atoms with Gasteiger partial charge in [0.2, 0.25) is 0 Å². The second-order valence-corrected chi connectivity index (χ2v) is 8.06. The van der Waals surface area contributed by atoms with E-state index in [1.54, 1.807) is 6.08 Å². The van der Waals surface area contributed by atoms with Crippen molar-refractivity contribution in [2.24, 2.45) is 0 Å². The summed E-state index contributed by atoms with van der Waals surface area (Å²) in [5.41, 5.74) is 9.33. The van der Waals surface area contributed by atoms with Crippen molar-refractivity contribution in [3.8, 4) is 0 Å². The molecule has 4 nitrogen and oxygen atoms in total. The molecule has 0 spiro atoms. The van der Waals surface area contributed by atoms with E-state index in [4.69, 9.17) is 0 Å². The molecule has 0 fully saturated rings. The molecule has 1 amide bonds. The molecule has 0 aliphatic heterocycles. The fourth-order valence-electron chi connectivity index (χ4n) is 3.27. The van der Waals surface area contributed by atoms with Gasteiger partial charge >= 0.3 is 0 Å². The molecular weight excluding hydrogens is 336 g/mol. The fourth-order valence-corrected chi connectivity index (χ4v) is 3.27. The summed E-state index contributed by atoms with van der Waals surface area (Å²) in [6.45, 7) is 6.41. The lowest BCUT2D eigenvalue weighted by molar-refractivity contribution is -0.115. The summed E-state index contributed by atoms with van der Waals surface area (Å²) in [6.07, 6.45) is 2.78. The molecule has 0 heterocycles. The van der Waals surface area contributed by atoms with Gasteiger partial charge in [0.1, 0.15) is 0 Å². The van der Waals surface area contributed by atoms with Crippen LogP contribution in [-0.2, 0) is 10.2 Å². The van der Waals surface area contributed by atoms with Crippen LogP contribution in [0.15, 0.2) is 66.4 Å². The predicted octanol–water partition coefficient (Wildman–Crippen LogP) is 4.25. The lowest BCUT2D eigenvalue weighted by atomic mass is 9.86. The van der Waals surface area contributed by atoms with E-state index in [0.29, 0.717) is 18.4 Å². The van der Waals surface area contributed by atoms with Gasteiger partial charge in [-0.05, 0) is 41.0 Å². The van der Waals surface area contributed by atoms with Gasteiger partial charge in [-0.15, -0.1) is 0 Å². The van der Waals surface area contributed by atoms with Gasteiger partial charge in [0.15, 0.2) is 5.78 Å². The molecular formula is C23H26N2O2. The summed E-state index contributed by atoms with van der Waals surface area (Å²) in [5.74, 6) is -0.0128. The maximum atomic E-state index is 12.4. The zero-order valence-electron chi connectivity index (χ0n) is 16.1. The number of rotatable bonds is 4. The molecule has 1 aliphatic rings. The molecule has 3 rings (SSSR count). The first-order chi connectivity index (χ1) is 12.8. The van der Waals surface area contributed by atoms with E-state index < -0.39 is 0 Å². The predicted molar refractivity (Wildman–Crippen MR) is 107 cm³/mol. The molecule has 27 heavy (non-hydrogen) atoms. The topological polar surface area (TPSA) is 58.2 Å². The van der Waals surface area contributed by atoms with Gasteiger partial charge in [-0.25, -0.2) is 0 Å². The first-order valence-electron chi connectivity index (χ1n) is 9.28. The third kappa shape index (κ3) is 4.85. The van der Waals surface area contributed by atoms with Crippen LogP contribution in [0.25, 0.3) is 0 Å². The Bertz CT molecular complexity index is 846. The average molecular weight is 362 g/mol. The molecule has 2 N–H and O–H groups in total. The molecule has 1 atom stereocenters. The molecule has 2 aromatic rings. The SMILES string of the molecule is CC(C)(C)c1ccc(C(=O)NNC2=CC(=O)C[C@@H](c3ccccc3)C2)cc1. The molecule has 0 bridgehead atoms. The average Bonchev–Trinajstić information content (AvgIpc) is 2.66. The second kappa shape index (κ2) is 7.78. The first-order valence-corrected chi connectivity index (χ1v) is 9.28.